The first kappa shape index (κ1) is 15.4. The third-order valence-corrected chi connectivity index (χ3v) is 3.46. The molecule has 0 aromatic heterocycles. The van der Waals surface area contributed by atoms with Gasteiger partial charge in [-0.25, -0.2) is 0 Å². The molecule has 0 aliphatic heterocycles. The van der Waals surface area contributed by atoms with Gasteiger partial charge in [0.1, 0.15) is 6.07 Å². The van der Waals surface area contributed by atoms with Crippen molar-refractivity contribution in [2.75, 3.05) is 17.2 Å². The van der Waals surface area contributed by atoms with Crippen LogP contribution in [0.5, 0.6) is 0 Å². The minimum atomic E-state index is -0.198. The lowest BCUT2D eigenvalue weighted by atomic mass is 10.2. The van der Waals surface area contributed by atoms with Crippen molar-refractivity contribution in [3.63, 3.8) is 0 Å². The van der Waals surface area contributed by atoms with Gasteiger partial charge in [0, 0.05) is 15.8 Å². The van der Waals surface area contributed by atoms with E-state index < -0.39 is 0 Å². The zero-order valence-corrected chi connectivity index (χ0v) is 13.2. The number of nitrogens with zero attached hydrogens (tertiary/aromatic N) is 1. The fourth-order valence-corrected chi connectivity index (χ4v) is 2.29. The normalized spacial score (nSPS) is 9.76. The molecule has 0 unspecified atom stereocenters. The van der Waals surface area contributed by atoms with Crippen LogP contribution >= 0.6 is 27.5 Å². The monoisotopic (exact) mass is 363 g/mol. The van der Waals surface area contributed by atoms with E-state index in [1.165, 1.54) is 0 Å². The zero-order chi connectivity index (χ0) is 15.2. The van der Waals surface area contributed by atoms with Crippen molar-refractivity contribution in [2.24, 2.45) is 0 Å². The molecule has 0 fully saturated rings. The summed E-state index contributed by atoms with van der Waals surface area (Å²) in [5.41, 5.74) is 1.78. The Labute approximate surface area is 135 Å². The van der Waals surface area contributed by atoms with E-state index in [0.29, 0.717) is 16.3 Å². The lowest BCUT2D eigenvalue weighted by Crippen LogP contribution is -2.21. The highest BCUT2D eigenvalue weighted by molar-refractivity contribution is 9.10. The summed E-state index contributed by atoms with van der Waals surface area (Å²) in [7, 11) is 0. The van der Waals surface area contributed by atoms with Gasteiger partial charge in [-0.2, -0.15) is 5.26 Å². The average Bonchev–Trinajstić information content (AvgIpc) is 2.45. The molecule has 0 saturated carbocycles. The number of nitrogens with one attached hydrogen (secondary N) is 2. The number of benzene rings is 2. The number of amides is 1. The standard InChI is InChI=1S/C15H11BrClN3O/c16-11-2-1-3-12(6-11)19-9-15(21)20-13-5-4-10(8-18)14(17)7-13/h1-7,19H,9H2,(H,20,21). The molecule has 0 bridgehead atoms. The molecule has 0 spiro atoms. The summed E-state index contributed by atoms with van der Waals surface area (Å²) >= 11 is 9.27. The van der Waals surface area contributed by atoms with Crippen LogP contribution in [0.4, 0.5) is 11.4 Å². The van der Waals surface area contributed by atoms with E-state index in [4.69, 9.17) is 16.9 Å². The molecule has 106 valence electrons. The Bertz CT molecular complexity index is 712. The fraction of sp³-hybridized carbons (Fsp3) is 0.0667. The highest BCUT2D eigenvalue weighted by Crippen LogP contribution is 2.20. The number of anilines is 2. The summed E-state index contributed by atoms with van der Waals surface area (Å²) in [5, 5.41) is 14.8. The van der Waals surface area contributed by atoms with Crippen LogP contribution in [0.3, 0.4) is 0 Å². The molecule has 0 aliphatic rings. The Hall–Kier alpha value is -2.03. The summed E-state index contributed by atoms with van der Waals surface area (Å²) < 4.78 is 0.937. The summed E-state index contributed by atoms with van der Waals surface area (Å²) in [6, 6.07) is 14.3. The first-order valence-corrected chi connectivity index (χ1v) is 7.24. The van der Waals surface area contributed by atoms with Crippen LogP contribution in [-0.4, -0.2) is 12.5 Å². The van der Waals surface area contributed by atoms with Crippen LogP contribution in [0.25, 0.3) is 0 Å². The van der Waals surface area contributed by atoms with Gasteiger partial charge in [0.05, 0.1) is 17.1 Å². The second-order valence-corrected chi connectivity index (χ2v) is 5.54. The number of rotatable bonds is 4. The quantitative estimate of drug-likeness (QED) is 0.861. The van der Waals surface area contributed by atoms with Crippen LogP contribution < -0.4 is 10.6 Å². The lowest BCUT2D eigenvalue weighted by molar-refractivity contribution is -0.114. The van der Waals surface area contributed by atoms with Gasteiger partial charge in [-0.3, -0.25) is 4.79 Å². The summed E-state index contributed by atoms with van der Waals surface area (Å²) in [4.78, 5) is 11.8. The van der Waals surface area contributed by atoms with Crippen LogP contribution in [0, 0.1) is 11.3 Å². The van der Waals surface area contributed by atoms with Gasteiger partial charge in [-0.1, -0.05) is 33.6 Å². The maximum atomic E-state index is 11.8. The fourth-order valence-electron chi connectivity index (χ4n) is 1.67. The molecular weight excluding hydrogens is 354 g/mol. The lowest BCUT2D eigenvalue weighted by Gasteiger charge is -2.08. The SMILES string of the molecule is N#Cc1ccc(NC(=O)CNc2cccc(Br)c2)cc1Cl. The molecule has 2 N–H and O–H groups in total. The van der Waals surface area contributed by atoms with Crippen molar-refractivity contribution in [1.82, 2.24) is 0 Å². The van der Waals surface area contributed by atoms with Gasteiger partial charge in [-0.15, -0.1) is 0 Å². The van der Waals surface area contributed by atoms with Crippen LogP contribution in [-0.2, 0) is 4.79 Å². The van der Waals surface area contributed by atoms with Gasteiger partial charge in [0.2, 0.25) is 5.91 Å². The van der Waals surface area contributed by atoms with Crippen LogP contribution in [0.15, 0.2) is 46.9 Å². The number of carbonyl (C=O) groups excluding carboxylic acids is 1. The molecular formula is C15H11BrClN3O. The summed E-state index contributed by atoms with van der Waals surface area (Å²) in [6.45, 7) is 0.133. The molecule has 21 heavy (non-hydrogen) atoms. The van der Waals surface area contributed by atoms with E-state index in [1.54, 1.807) is 18.2 Å². The van der Waals surface area contributed by atoms with Gasteiger partial charge in [0.25, 0.3) is 0 Å². The Morgan fingerprint density at radius 2 is 2.05 bits per heavy atom. The van der Waals surface area contributed by atoms with E-state index >= 15 is 0 Å². The van der Waals surface area contributed by atoms with Crippen LogP contribution in [0.2, 0.25) is 5.02 Å². The molecule has 0 heterocycles. The van der Waals surface area contributed by atoms with Crippen molar-refractivity contribution < 1.29 is 4.79 Å². The third kappa shape index (κ3) is 4.48. The molecule has 2 aromatic carbocycles. The van der Waals surface area contributed by atoms with Crippen molar-refractivity contribution in [1.29, 1.82) is 5.26 Å². The average molecular weight is 365 g/mol. The summed E-state index contributed by atoms with van der Waals surface area (Å²) in [5.74, 6) is -0.198. The number of hydrogen-bond donors (Lipinski definition) is 2. The largest absolute Gasteiger partial charge is 0.376 e. The number of carbonyl (C=O) groups is 1. The van der Waals surface area contributed by atoms with Crippen LogP contribution in [0.1, 0.15) is 5.56 Å². The van der Waals surface area contributed by atoms with Gasteiger partial charge in [-0.05, 0) is 36.4 Å². The van der Waals surface area contributed by atoms with E-state index in [9.17, 15) is 4.79 Å². The molecule has 4 nitrogen and oxygen atoms in total. The maximum absolute atomic E-state index is 11.8. The predicted octanol–water partition coefficient (Wildman–Crippen LogP) is 4.02. The van der Waals surface area contributed by atoms with Crippen molar-refractivity contribution in [3.05, 3.63) is 57.5 Å². The minimum Gasteiger partial charge on any atom is -0.376 e. The van der Waals surface area contributed by atoms with Gasteiger partial charge < -0.3 is 10.6 Å². The zero-order valence-electron chi connectivity index (χ0n) is 10.9. The Kier molecular flexibility index (Phi) is 5.20. The van der Waals surface area contributed by atoms with Gasteiger partial charge >= 0.3 is 0 Å². The highest BCUT2D eigenvalue weighted by Gasteiger charge is 2.05. The second-order valence-electron chi connectivity index (χ2n) is 4.22. The van der Waals surface area contributed by atoms with Crippen molar-refractivity contribution in [2.45, 2.75) is 0 Å². The molecule has 2 rings (SSSR count). The molecule has 2 aromatic rings. The number of halogens is 2. The van der Waals surface area contributed by atoms with Crippen molar-refractivity contribution in [3.8, 4) is 6.07 Å². The first-order valence-electron chi connectivity index (χ1n) is 6.07. The Balaban J connectivity index is 1.93. The number of nitriles is 1. The molecule has 0 aliphatic carbocycles. The Morgan fingerprint density at radius 1 is 1.24 bits per heavy atom. The van der Waals surface area contributed by atoms with E-state index in [0.717, 1.165) is 10.2 Å². The van der Waals surface area contributed by atoms with Crippen molar-refractivity contribution >= 4 is 44.8 Å². The van der Waals surface area contributed by atoms with E-state index in [1.807, 2.05) is 30.3 Å². The van der Waals surface area contributed by atoms with E-state index in [2.05, 4.69) is 26.6 Å². The topological polar surface area (TPSA) is 64.9 Å². The second kappa shape index (κ2) is 7.11. The highest BCUT2D eigenvalue weighted by atomic mass is 79.9. The maximum Gasteiger partial charge on any atom is 0.243 e. The minimum absolute atomic E-state index is 0.133. The van der Waals surface area contributed by atoms with Gasteiger partial charge in [0.15, 0.2) is 0 Å². The summed E-state index contributed by atoms with van der Waals surface area (Å²) in [6.07, 6.45) is 0. The molecule has 1 amide bonds. The Morgan fingerprint density at radius 3 is 2.71 bits per heavy atom. The number of hydrogen-bond acceptors (Lipinski definition) is 3. The van der Waals surface area contributed by atoms with E-state index in [-0.39, 0.29) is 12.5 Å². The molecule has 0 atom stereocenters. The smallest absolute Gasteiger partial charge is 0.243 e. The predicted molar refractivity (Wildman–Crippen MR) is 87.4 cm³/mol. The molecule has 0 radical (unpaired) electrons. The third-order valence-electron chi connectivity index (χ3n) is 2.65. The molecule has 6 heteroatoms. The molecule has 0 saturated heterocycles. The first-order chi connectivity index (χ1) is 10.1.